The van der Waals surface area contributed by atoms with E-state index in [2.05, 4.69) is 0 Å². The second-order valence-corrected chi connectivity index (χ2v) is 15.6. The molecule has 4 nitrogen and oxygen atoms in total. The van der Waals surface area contributed by atoms with E-state index in [1.54, 1.807) is 9.13 Å². The Labute approximate surface area is 379 Å². The quantitative estimate of drug-likeness (QED) is 0.222. The molecule has 8 aromatic carbocycles. The molecule has 2 aromatic heterocycles. The van der Waals surface area contributed by atoms with Gasteiger partial charge in [-0.25, -0.2) is 0 Å². The van der Waals surface area contributed by atoms with E-state index < -0.39 is 0 Å². The van der Waals surface area contributed by atoms with Crippen molar-refractivity contribution in [2.45, 2.75) is 0 Å². The maximum atomic E-state index is 13.0. The smallest absolute Gasteiger partial charge is 0.132 e. The standard InChI is InChI=1S/C48H21B11N2O2/c49-32-27(33(50)38(55)44-28(32)29-34(51)36(53)37(54)40(57)45(29)60(44)23-14-8-3-9-15-23)30-35(52)39(56)46-31(47(30)62)26-25(22-12-6-2-7-13-22)48(63)42(59)41(58)43(26)61(46)24-18-16-21(17-19-24)20-10-4-1-5-11-20/h1-19,62-63H. The number of nitrogens with zero attached hydrogens (tertiary/aromatic N) is 2. The fraction of sp³-hybridized carbons (Fsp3) is 0. The van der Waals surface area contributed by atoms with E-state index in [1.807, 2.05) is 115 Å². The van der Waals surface area contributed by atoms with E-state index in [4.69, 9.17) is 86.3 Å². The van der Waals surface area contributed by atoms with Crippen LogP contribution in [-0.2, 0) is 0 Å². The van der Waals surface area contributed by atoms with Gasteiger partial charge in [0.15, 0.2) is 0 Å². The average molecular weight is 777 g/mol. The Bertz CT molecular complexity index is 3570. The predicted octanol–water partition coefficient (Wildman–Crippen LogP) is -0.975. The molecule has 15 heteroatoms. The molecule has 0 unspecified atom stereocenters. The molecule has 0 aliphatic carbocycles. The highest BCUT2D eigenvalue weighted by Gasteiger charge is 2.31. The van der Waals surface area contributed by atoms with Gasteiger partial charge in [0, 0.05) is 49.8 Å². The van der Waals surface area contributed by atoms with Gasteiger partial charge in [-0.2, -0.15) is 0 Å². The molecule has 0 fully saturated rings. The lowest BCUT2D eigenvalue weighted by Gasteiger charge is -2.23. The van der Waals surface area contributed by atoms with Gasteiger partial charge in [0.25, 0.3) is 0 Å². The van der Waals surface area contributed by atoms with Gasteiger partial charge in [0.2, 0.25) is 0 Å². The molecule has 0 spiro atoms. The lowest BCUT2D eigenvalue weighted by atomic mass is 9.63. The molecule has 0 aliphatic rings. The highest BCUT2D eigenvalue weighted by molar-refractivity contribution is 6.70. The number of para-hydroxylation sites is 1. The summed E-state index contributed by atoms with van der Waals surface area (Å²) in [6, 6.07) is 35.9. The van der Waals surface area contributed by atoms with Gasteiger partial charge in [0.1, 0.15) is 97.8 Å². The van der Waals surface area contributed by atoms with E-state index in [-0.39, 0.29) is 99.2 Å². The number of phenols is 2. The van der Waals surface area contributed by atoms with Crippen LogP contribution < -0.4 is 60.1 Å². The molecule has 10 aromatic rings. The third-order valence-electron chi connectivity index (χ3n) is 12.2. The van der Waals surface area contributed by atoms with Crippen LogP contribution in [-0.4, -0.2) is 106 Å². The lowest BCUT2D eigenvalue weighted by Crippen LogP contribution is -2.48. The first-order valence-electron chi connectivity index (χ1n) is 19.8. The summed E-state index contributed by atoms with van der Waals surface area (Å²) in [6.45, 7) is 0. The first-order valence-corrected chi connectivity index (χ1v) is 19.8. The molecule has 2 heterocycles. The summed E-state index contributed by atoms with van der Waals surface area (Å²) in [5.41, 5.74) is 5.79. The number of phenolic OH excluding ortho intramolecular Hbond substituents is 2. The molecule has 0 saturated carbocycles. The highest BCUT2D eigenvalue weighted by Crippen LogP contribution is 2.46. The van der Waals surface area contributed by atoms with E-state index in [0.717, 1.165) is 11.1 Å². The van der Waals surface area contributed by atoms with Gasteiger partial charge in [-0.05, 0) is 51.9 Å². The Morgan fingerprint density at radius 1 is 0.270 bits per heavy atom. The van der Waals surface area contributed by atoms with Crippen LogP contribution in [0.15, 0.2) is 115 Å². The van der Waals surface area contributed by atoms with E-state index >= 15 is 0 Å². The molecular formula is C48H21B11N2O2. The largest absolute Gasteiger partial charge is 0.508 e. The molecule has 63 heavy (non-hydrogen) atoms. The van der Waals surface area contributed by atoms with E-state index in [9.17, 15) is 10.2 Å². The molecule has 0 atom stereocenters. The van der Waals surface area contributed by atoms with Crippen LogP contribution in [0, 0.1) is 0 Å². The zero-order valence-corrected chi connectivity index (χ0v) is 33.6. The van der Waals surface area contributed by atoms with Crippen molar-refractivity contribution in [1.29, 1.82) is 0 Å². The van der Waals surface area contributed by atoms with Gasteiger partial charge in [-0.1, -0.05) is 140 Å². The van der Waals surface area contributed by atoms with Crippen molar-refractivity contribution >= 4 is 190 Å². The minimum absolute atomic E-state index is 0.0301. The van der Waals surface area contributed by atoms with Crippen LogP contribution in [0.5, 0.6) is 11.5 Å². The number of hydrogen-bond donors (Lipinski definition) is 2. The molecule has 0 bridgehead atoms. The van der Waals surface area contributed by atoms with Crippen molar-refractivity contribution in [2.24, 2.45) is 0 Å². The summed E-state index contributed by atoms with van der Waals surface area (Å²) >= 11 is 0. The Morgan fingerprint density at radius 2 is 0.667 bits per heavy atom. The summed E-state index contributed by atoms with van der Waals surface area (Å²) in [5.74, 6) is -0.688. The molecule has 2 N–H and O–H groups in total. The number of hydrogen-bond acceptors (Lipinski definition) is 2. The van der Waals surface area contributed by atoms with Gasteiger partial charge in [-0.15, -0.1) is 10.9 Å². The number of rotatable bonds is 5. The molecule has 22 radical (unpaired) electrons. The fourth-order valence-corrected chi connectivity index (χ4v) is 9.21. The summed E-state index contributed by atoms with van der Waals surface area (Å²) in [5, 5.41) is 26.1. The van der Waals surface area contributed by atoms with Crippen LogP contribution in [0.2, 0.25) is 0 Å². The van der Waals surface area contributed by atoms with Crippen LogP contribution >= 0.6 is 0 Å². The minimum atomic E-state index is -0.387. The van der Waals surface area contributed by atoms with Crippen molar-refractivity contribution in [1.82, 2.24) is 9.13 Å². The van der Waals surface area contributed by atoms with Crippen LogP contribution in [0.25, 0.3) is 88.4 Å². The van der Waals surface area contributed by atoms with Crippen molar-refractivity contribution in [3.05, 3.63) is 115 Å². The first-order chi connectivity index (χ1) is 30.3. The third-order valence-corrected chi connectivity index (χ3v) is 12.2. The van der Waals surface area contributed by atoms with Gasteiger partial charge < -0.3 is 19.3 Å². The SMILES string of the molecule is [B]c1c([B])c([B])c2c(c1[B])c1c([B])c(-c3c([B])c([B])c4c(c3O)c3c(-c5ccccc5)c(O)c([B])c([B])c3n4-c3ccc(-c4ccccc4)cc3)c([B])c([B])c1n2-c1ccccc1. The molecule has 0 aliphatic heterocycles. The Hall–Kier alpha value is -6.33. The second kappa shape index (κ2) is 14.9. The zero-order valence-electron chi connectivity index (χ0n) is 33.6. The van der Waals surface area contributed by atoms with Gasteiger partial charge >= 0.3 is 0 Å². The molecule has 10 rings (SSSR count). The molecule has 0 saturated heterocycles. The van der Waals surface area contributed by atoms with E-state index in [0.29, 0.717) is 49.6 Å². The fourth-order valence-electron chi connectivity index (χ4n) is 9.21. The van der Waals surface area contributed by atoms with Crippen LogP contribution in [0.1, 0.15) is 0 Å². The third kappa shape index (κ3) is 5.70. The first kappa shape index (κ1) is 40.7. The van der Waals surface area contributed by atoms with Crippen molar-refractivity contribution in [2.75, 3.05) is 0 Å². The van der Waals surface area contributed by atoms with Gasteiger partial charge in [0.05, 0.1) is 10.9 Å². The molecular weight excluding hydrogens is 755 g/mol. The van der Waals surface area contributed by atoms with Crippen molar-refractivity contribution < 1.29 is 10.2 Å². The summed E-state index contributed by atoms with van der Waals surface area (Å²) in [4.78, 5) is 0. The number of benzene rings is 8. The Morgan fingerprint density at radius 3 is 1.24 bits per heavy atom. The predicted molar refractivity (Wildman–Crippen MR) is 274 cm³/mol. The summed E-state index contributed by atoms with van der Waals surface area (Å²) in [6.07, 6.45) is 0. The van der Waals surface area contributed by atoms with Gasteiger partial charge in [-0.3, -0.25) is 0 Å². The monoisotopic (exact) mass is 778 g/mol. The highest BCUT2D eigenvalue weighted by atomic mass is 16.3. The number of aromatic nitrogens is 2. The Balaban J connectivity index is 1.39. The van der Waals surface area contributed by atoms with Crippen LogP contribution in [0.3, 0.4) is 0 Å². The second-order valence-electron chi connectivity index (χ2n) is 15.6. The summed E-state index contributed by atoms with van der Waals surface area (Å²) in [7, 11) is 75.6. The lowest BCUT2D eigenvalue weighted by molar-refractivity contribution is 0.482. The van der Waals surface area contributed by atoms with Crippen molar-refractivity contribution in [3.63, 3.8) is 0 Å². The zero-order chi connectivity index (χ0) is 44.3. The number of aromatic hydroxyl groups is 2. The maximum absolute atomic E-state index is 13.0. The average Bonchev–Trinajstić information content (AvgIpc) is 3.86. The molecule has 0 amide bonds. The van der Waals surface area contributed by atoms with E-state index in [1.165, 1.54) is 0 Å². The minimum Gasteiger partial charge on any atom is -0.508 e. The molecule has 268 valence electrons. The Kier molecular flexibility index (Phi) is 9.63. The number of fused-ring (bicyclic) bond motifs is 6. The normalized spacial score (nSPS) is 11.7. The topological polar surface area (TPSA) is 50.3 Å². The van der Waals surface area contributed by atoms with Crippen molar-refractivity contribution in [3.8, 4) is 56.3 Å². The maximum Gasteiger partial charge on any atom is 0.132 e. The summed E-state index contributed by atoms with van der Waals surface area (Å²) < 4.78 is 3.55. The van der Waals surface area contributed by atoms with Crippen LogP contribution in [0.4, 0.5) is 0 Å².